The zero-order valence-corrected chi connectivity index (χ0v) is 9.58. The summed E-state index contributed by atoms with van der Waals surface area (Å²) in [5.74, 6) is 0.701. The molecule has 1 aliphatic carbocycles. The van der Waals surface area contributed by atoms with E-state index in [1.54, 1.807) is 0 Å². The first-order valence-electron chi connectivity index (χ1n) is 6.14. The largest absolute Gasteiger partial charge is 0.314 e. The van der Waals surface area contributed by atoms with Gasteiger partial charge in [-0.3, -0.25) is 0 Å². The fraction of sp³-hybridized carbons (Fsp3) is 0.571. The van der Waals surface area contributed by atoms with Crippen molar-refractivity contribution >= 4 is 0 Å². The molecule has 1 heteroatoms. The first-order valence-corrected chi connectivity index (χ1v) is 6.14. The molecule has 1 aliphatic rings. The van der Waals surface area contributed by atoms with Crippen LogP contribution in [0.4, 0.5) is 0 Å². The molecule has 1 aromatic rings. The Morgan fingerprint density at radius 3 is 2.67 bits per heavy atom. The molecule has 1 nitrogen and oxygen atoms in total. The lowest BCUT2D eigenvalue weighted by atomic mass is 9.96. The minimum absolute atomic E-state index is 0.701. The predicted octanol–water partition coefficient (Wildman–Crippen LogP) is 3.32. The molecule has 0 aliphatic heterocycles. The molecule has 1 N–H and O–H groups in total. The molecule has 0 spiro atoms. The highest BCUT2D eigenvalue weighted by atomic mass is 14.9. The van der Waals surface area contributed by atoms with Crippen molar-refractivity contribution in [3.05, 3.63) is 35.9 Å². The average molecular weight is 203 g/mol. The Bertz CT molecular complexity index is 277. The summed E-state index contributed by atoms with van der Waals surface area (Å²) >= 11 is 0. The van der Waals surface area contributed by atoms with Gasteiger partial charge in [-0.1, -0.05) is 37.3 Å². The van der Waals surface area contributed by atoms with Crippen molar-refractivity contribution < 1.29 is 0 Å². The number of benzene rings is 1. The second-order valence-electron chi connectivity index (χ2n) is 4.68. The molecule has 0 saturated heterocycles. The number of hydrogen-bond acceptors (Lipinski definition) is 1. The van der Waals surface area contributed by atoms with Crippen LogP contribution in [0.5, 0.6) is 0 Å². The molecule has 1 atom stereocenters. The van der Waals surface area contributed by atoms with E-state index >= 15 is 0 Å². The molecule has 15 heavy (non-hydrogen) atoms. The molecule has 1 saturated carbocycles. The van der Waals surface area contributed by atoms with Gasteiger partial charge >= 0.3 is 0 Å². The van der Waals surface area contributed by atoms with Crippen molar-refractivity contribution in [1.82, 2.24) is 5.32 Å². The highest BCUT2D eigenvalue weighted by Gasteiger charge is 2.19. The quantitative estimate of drug-likeness (QED) is 0.699. The Kier molecular flexibility index (Phi) is 3.79. The van der Waals surface area contributed by atoms with Gasteiger partial charge in [0.05, 0.1) is 0 Å². The SMILES string of the molecule is CC(CCCNC1CC1)c1ccccc1. The third-order valence-electron chi connectivity index (χ3n) is 3.19. The summed E-state index contributed by atoms with van der Waals surface area (Å²) in [5, 5.41) is 3.56. The van der Waals surface area contributed by atoms with Crippen molar-refractivity contribution in [2.45, 2.75) is 44.6 Å². The van der Waals surface area contributed by atoms with Crippen molar-refractivity contribution in [2.24, 2.45) is 0 Å². The van der Waals surface area contributed by atoms with Gasteiger partial charge in [-0.2, -0.15) is 0 Å². The van der Waals surface area contributed by atoms with E-state index in [4.69, 9.17) is 0 Å². The minimum Gasteiger partial charge on any atom is -0.314 e. The molecule has 1 aromatic carbocycles. The fourth-order valence-corrected chi connectivity index (χ4v) is 1.95. The molecule has 0 aromatic heterocycles. The first kappa shape index (κ1) is 10.7. The maximum Gasteiger partial charge on any atom is 0.00682 e. The van der Waals surface area contributed by atoms with Gasteiger partial charge in [0.1, 0.15) is 0 Å². The van der Waals surface area contributed by atoms with Gasteiger partial charge in [-0.15, -0.1) is 0 Å². The second kappa shape index (κ2) is 5.32. The van der Waals surface area contributed by atoms with Crippen LogP contribution in [0.2, 0.25) is 0 Å². The van der Waals surface area contributed by atoms with Crippen molar-refractivity contribution in [3.8, 4) is 0 Å². The van der Waals surface area contributed by atoms with E-state index in [9.17, 15) is 0 Å². The molecular weight excluding hydrogens is 182 g/mol. The number of nitrogens with one attached hydrogen (secondary N) is 1. The smallest absolute Gasteiger partial charge is 0.00682 e. The molecule has 0 amide bonds. The fourth-order valence-electron chi connectivity index (χ4n) is 1.95. The Balaban J connectivity index is 1.65. The molecule has 0 bridgehead atoms. The van der Waals surface area contributed by atoms with Gasteiger partial charge < -0.3 is 5.32 Å². The van der Waals surface area contributed by atoms with Gasteiger partial charge in [0.15, 0.2) is 0 Å². The first-order chi connectivity index (χ1) is 7.36. The summed E-state index contributed by atoms with van der Waals surface area (Å²) in [4.78, 5) is 0. The lowest BCUT2D eigenvalue weighted by Gasteiger charge is -2.11. The topological polar surface area (TPSA) is 12.0 Å². The van der Waals surface area contributed by atoms with E-state index in [1.807, 2.05) is 0 Å². The maximum absolute atomic E-state index is 3.56. The van der Waals surface area contributed by atoms with Crippen molar-refractivity contribution in [1.29, 1.82) is 0 Å². The average Bonchev–Trinajstić information content (AvgIpc) is 3.09. The van der Waals surface area contributed by atoms with Crippen LogP contribution in [0.3, 0.4) is 0 Å². The summed E-state index contributed by atoms with van der Waals surface area (Å²) in [6, 6.07) is 11.7. The highest BCUT2D eigenvalue weighted by Crippen LogP contribution is 2.21. The number of hydrogen-bond donors (Lipinski definition) is 1. The molecule has 1 fully saturated rings. The maximum atomic E-state index is 3.56. The third-order valence-corrected chi connectivity index (χ3v) is 3.19. The second-order valence-corrected chi connectivity index (χ2v) is 4.68. The molecule has 1 unspecified atom stereocenters. The summed E-state index contributed by atoms with van der Waals surface area (Å²) in [6.07, 6.45) is 5.39. The van der Waals surface area contributed by atoms with Gasteiger partial charge in [0, 0.05) is 6.04 Å². The molecule has 2 rings (SSSR count). The van der Waals surface area contributed by atoms with Crippen LogP contribution < -0.4 is 5.32 Å². The van der Waals surface area contributed by atoms with Crippen LogP contribution in [-0.4, -0.2) is 12.6 Å². The van der Waals surface area contributed by atoms with Crippen molar-refractivity contribution in [2.75, 3.05) is 6.54 Å². The lowest BCUT2D eigenvalue weighted by Crippen LogP contribution is -2.17. The van der Waals surface area contributed by atoms with Crippen LogP contribution in [0.25, 0.3) is 0 Å². The van der Waals surface area contributed by atoms with Crippen LogP contribution in [0, 0.1) is 0 Å². The normalized spacial score (nSPS) is 17.7. The van der Waals surface area contributed by atoms with E-state index in [0.717, 1.165) is 6.04 Å². The van der Waals surface area contributed by atoms with Gasteiger partial charge in [0.25, 0.3) is 0 Å². The standard InChI is InChI=1S/C14H21N/c1-12(13-7-3-2-4-8-13)6-5-11-15-14-9-10-14/h2-4,7-8,12,14-15H,5-6,9-11H2,1H3. The molecule has 82 valence electrons. The monoisotopic (exact) mass is 203 g/mol. The van der Waals surface area contributed by atoms with E-state index in [1.165, 1.54) is 37.8 Å². The zero-order chi connectivity index (χ0) is 10.5. The Morgan fingerprint density at radius 2 is 2.00 bits per heavy atom. The van der Waals surface area contributed by atoms with Crippen LogP contribution >= 0.6 is 0 Å². The zero-order valence-electron chi connectivity index (χ0n) is 9.58. The van der Waals surface area contributed by atoms with Crippen molar-refractivity contribution in [3.63, 3.8) is 0 Å². The Morgan fingerprint density at radius 1 is 1.27 bits per heavy atom. The summed E-state index contributed by atoms with van der Waals surface area (Å²) in [5.41, 5.74) is 1.48. The summed E-state index contributed by atoms with van der Waals surface area (Å²) in [6.45, 7) is 3.52. The van der Waals surface area contributed by atoms with Gasteiger partial charge in [-0.25, -0.2) is 0 Å². The highest BCUT2D eigenvalue weighted by molar-refractivity contribution is 5.18. The van der Waals surface area contributed by atoms with Crippen LogP contribution in [0.1, 0.15) is 44.1 Å². The van der Waals surface area contributed by atoms with E-state index in [2.05, 4.69) is 42.6 Å². The molecule has 0 heterocycles. The summed E-state index contributed by atoms with van der Waals surface area (Å²) < 4.78 is 0. The van der Waals surface area contributed by atoms with E-state index < -0.39 is 0 Å². The molecule has 0 radical (unpaired) electrons. The summed E-state index contributed by atoms with van der Waals surface area (Å²) in [7, 11) is 0. The lowest BCUT2D eigenvalue weighted by molar-refractivity contribution is 0.577. The van der Waals surface area contributed by atoms with Gasteiger partial charge in [0.2, 0.25) is 0 Å². The predicted molar refractivity (Wildman–Crippen MR) is 65.1 cm³/mol. The van der Waals surface area contributed by atoms with E-state index in [0.29, 0.717) is 5.92 Å². The number of rotatable bonds is 6. The van der Waals surface area contributed by atoms with Gasteiger partial charge in [-0.05, 0) is 43.7 Å². The third kappa shape index (κ3) is 3.67. The van der Waals surface area contributed by atoms with E-state index in [-0.39, 0.29) is 0 Å². The minimum atomic E-state index is 0.701. The Labute approximate surface area is 92.9 Å². The van der Waals surface area contributed by atoms with Crippen LogP contribution in [-0.2, 0) is 0 Å². The molecular formula is C14H21N. The van der Waals surface area contributed by atoms with Crippen LogP contribution in [0.15, 0.2) is 30.3 Å². The Hall–Kier alpha value is -0.820.